The molecule has 6 atom stereocenters. The van der Waals surface area contributed by atoms with E-state index >= 15 is 0 Å². The number of benzene rings is 3. The Morgan fingerprint density at radius 3 is 1.44 bits per heavy atom. The fourth-order valence-corrected chi connectivity index (χ4v) is 7.04. The lowest BCUT2D eigenvalue weighted by molar-refractivity contribution is -0.0766. The average molecular weight is 453 g/mol. The number of carbonyl (C=O) groups is 2. The Balaban J connectivity index is 1.37. The van der Waals surface area contributed by atoms with E-state index in [4.69, 9.17) is 9.47 Å². The Kier molecular flexibility index (Phi) is 5.44. The predicted molar refractivity (Wildman–Crippen MR) is 128 cm³/mol. The maximum atomic E-state index is 13.2. The molecule has 0 amide bonds. The summed E-state index contributed by atoms with van der Waals surface area (Å²) in [5, 5.41) is 0. The third-order valence-electron chi connectivity index (χ3n) is 8.22. The lowest BCUT2D eigenvalue weighted by atomic mass is 9.78. The van der Waals surface area contributed by atoms with E-state index in [1.165, 1.54) is 12.0 Å². The molecule has 4 nitrogen and oxygen atoms in total. The molecule has 34 heavy (non-hydrogen) atoms. The van der Waals surface area contributed by atoms with Gasteiger partial charge in [-0.05, 0) is 60.4 Å². The first kappa shape index (κ1) is 21.2. The first-order valence-corrected chi connectivity index (χ1v) is 12.3. The Morgan fingerprint density at radius 1 is 0.588 bits per heavy atom. The minimum absolute atomic E-state index is 0.154. The second-order valence-electron chi connectivity index (χ2n) is 9.82. The zero-order chi connectivity index (χ0) is 23.1. The SMILES string of the molecule is O=C(OC1C(OC(=O)c2ccccc2)C2C3CCCC3C1C2c1ccccc1)c1ccccc1. The van der Waals surface area contributed by atoms with E-state index in [0.29, 0.717) is 23.0 Å². The number of rotatable bonds is 5. The van der Waals surface area contributed by atoms with Gasteiger partial charge >= 0.3 is 11.9 Å². The zero-order valence-corrected chi connectivity index (χ0v) is 19.0. The van der Waals surface area contributed by atoms with Crippen molar-refractivity contribution in [2.24, 2.45) is 23.7 Å². The largest absolute Gasteiger partial charge is 0.454 e. The molecule has 0 heterocycles. The smallest absolute Gasteiger partial charge is 0.338 e. The standard InChI is InChI=1S/C30H28O4/c31-29(20-13-6-2-7-14-20)33-27-25-22-17-10-18-23(22)26(24(25)19-11-4-1-5-12-19)28(27)34-30(32)21-15-8-3-9-16-21/h1-9,11-16,22-28H,10,17-18H2. The molecule has 3 fully saturated rings. The third-order valence-corrected chi connectivity index (χ3v) is 8.22. The van der Waals surface area contributed by atoms with E-state index in [2.05, 4.69) is 24.3 Å². The van der Waals surface area contributed by atoms with E-state index in [1.807, 2.05) is 42.5 Å². The Morgan fingerprint density at radius 2 is 1.00 bits per heavy atom. The summed E-state index contributed by atoms with van der Waals surface area (Å²) in [4.78, 5) is 26.3. The molecule has 0 aliphatic heterocycles. The molecule has 6 rings (SSSR count). The third kappa shape index (κ3) is 3.53. The van der Waals surface area contributed by atoms with Gasteiger partial charge in [0.05, 0.1) is 11.1 Å². The number of ether oxygens (including phenoxy) is 2. The van der Waals surface area contributed by atoms with Crippen LogP contribution in [0.5, 0.6) is 0 Å². The maximum absolute atomic E-state index is 13.2. The minimum atomic E-state index is -0.449. The van der Waals surface area contributed by atoms with Crippen molar-refractivity contribution in [3.05, 3.63) is 108 Å². The molecule has 6 unspecified atom stereocenters. The second kappa shape index (κ2) is 8.75. The number of hydrogen-bond donors (Lipinski definition) is 0. The van der Waals surface area contributed by atoms with Gasteiger partial charge in [-0.3, -0.25) is 0 Å². The summed E-state index contributed by atoms with van der Waals surface area (Å²) in [7, 11) is 0. The molecule has 4 heteroatoms. The molecule has 3 saturated carbocycles. The number of hydrogen-bond acceptors (Lipinski definition) is 4. The highest BCUT2D eigenvalue weighted by atomic mass is 16.6. The van der Waals surface area contributed by atoms with Crippen LogP contribution in [-0.4, -0.2) is 24.1 Å². The van der Waals surface area contributed by atoms with E-state index in [-0.39, 0.29) is 29.7 Å². The van der Waals surface area contributed by atoms with Gasteiger partial charge in [-0.2, -0.15) is 0 Å². The highest BCUT2D eigenvalue weighted by Gasteiger charge is 2.67. The fraction of sp³-hybridized carbons (Fsp3) is 0.333. The normalized spacial score (nSPS) is 31.1. The molecule has 0 spiro atoms. The summed E-state index contributed by atoms with van der Waals surface area (Å²) >= 11 is 0. The molecule has 3 aliphatic rings. The molecular formula is C30H28O4. The fourth-order valence-electron chi connectivity index (χ4n) is 7.04. The lowest BCUT2D eigenvalue weighted by Gasteiger charge is -2.37. The van der Waals surface area contributed by atoms with Crippen molar-refractivity contribution in [3.8, 4) is 0 Å². The van der Waals surface area contributed by atoms with Crippen LogP contribution in [0.2, 0.25) is 0 Å². The van der Waals surface area contributed by atoms with E-state index in [0.717, 1.165) is 12.8 Å². The summed E-state index contributed by atoms with van der Waals surface area (Å²) in [6.07, 6.45) is 2.58. The van der Waals surface area contributed by atoms with Crippen molar-refractivity contribution in [1.29, 1.82) is 0 Å². The van der Waals surface area contributed by atoms with Crippen LogP contribution in [-0.2, 0) is 9.47 Å². The van der Waals surface area contributed by atoms with E-state index in [9.17, 15) is 9.59 Å². The zero-order valence-electron chi connectivity index (χ0n) is 19.0. The lowest BCUT2D eigenvalue weighted by Crippen LogP contribution is -2.45. The average Bonchev–Trinajstić information content (AvgIpc) is 3.56. The van der Waals surface area contributed by atoms with Crippen molar-refractivity contribution in [1.82, 2.24) is 0 Å². The van der Waals surface area contributed by atoms with Gasteiger partial charge in [0.15, 0.2) is 0 Å². The van der Waals surface area contributed by atoms with E-state index < -0.39 is 12.2 Å². The predicted octanol–water partition coefficient (Wildman–Crippen LogP) is 5.90. The quantitative estimate of drug-likeness (QED) is 0.453. The van der Waals surface area contributed by atoms with Gasteiger partial charge < -0.3 is 9.47 Å². The Bertz CT molecular complexity index is 1090. The molecule has 3 aliphatic carbocycles. The van der Waals surface area contributed by atoms with Crippen LogP contribution >= 0.6 is 0 Å². The van der Waals surface area contributed by atoms with E-state index in [1.54, 1.807) is 24.3 Å². The first-order valence-electron chi connectivity index (χ1n) is 12.3. The van der Waals surface area contributed by atoms with Crippen LogP contribution in [0.4, 0.5) is 0 Å². The van der Waals surface area contributed by atoms with Gasteiger partial charge in [0.2, 0.25) is 0 Å². The van der Waals surface area contributed by atoms with Crippen molar-refractivity contribution in [2.45, 2.75) is 37.4 Å². The molecule has 0 radical (unpaired) electrons. The van der Waals surface area contributed by atoms with Crippen LogP contribution < -0.4 is 0 Å². The highest BCUT2D eigenvalue weighted by Crippen LogP contribution is 2.66. The summed E-state index contributed by atoms with van der Waals surface area (Å²) in [5.74, 6) is 0.826. The van der Waals surface area contributed by atoms with Crippen molar-refractivity contribution >= 4 is 11.9 Å². The molecular weight excluding hydrogens is 424 g/mol. The van der Waals surface area contributed by atoms with Crippen LogP contribution in [0.25, 0.3) is 0 Å². The maximum Gasteiger partial charge on any atom is 0.338 e. The van der Waals surface area contributed by atoms with Gasteiger partial charge in [-0.1, -0.05) is 73.2 Å². The molecule has 0 saturated heterocycles. The minimum Gasteiger partial charge on any atom is -0.454 e. The molecule has 0 N–H and O–H groups in total. The summed E-state index contributed by atoms with van der Waals surface area (Å²) in [6, 6.07) is 28.7. The molecule has 0 aromatic heterocycles. The number of fused-ring (bicyclic) bond motifs is 5. The van der Waals surface area contributed by atoms with Crippen molar-refractivity contribution < 1.29 is 19.1 Å². The summed E-state index contributed by atoms with van der Waals surface area (Å²) in [6.45, 7) is 0. The summed E-state index contributed by atoms with van der Waals surface area (Å²) in [5.41, 5.74) is 2.31. The van der Waals surface area contributed by atoms with Crippen LogP contribution in [0, 0.1) is 23.7 Å². The Hall–Kier alpha value is -3.40. The molecule has 3 aromatic rings. The summed E-state index contributed by atoms with van der Waals surface area (Å²) < 4.78 is 12.4. The monoisotopic (exact) mass is 452 g/mol. The Labute approximate surface area is 199 Å². The van der Waals surface area contributed by atoms with Gasteiger partial charge in [-0.25, -0.2) is 9.59 Å². The highest BCUT2D eigenvalue weighted by molar-refractivity contribution is 5.90. The van der Waals surface area contributed by atoms with Gasteiger partial charge in [0, 0.05) is 11.8 Å². The number of carbonyl (C=O) groups excluding carboxylic acids is 2. The topological polar surface area (TPSA) is 52.6 Å². The van der Waals surface area contributed by atoms with Gasteiger partial charge in [0.1, 0.15) is 12.2 Å². The van der Waals surface area contributed by atoms with Crippen LogP contribution in [0.15, 0.2) is 91.0 Å². The number of esters is 2. The van der Waals surface area contributed by atoms with Crippen LogP contribution in [0.1, 0.15) is 51.5 Å². The van der Waals surface area contributed by atoms with Crippen LogP contribution in [0.3, 0.4) is 0 Å². The second-order valence-corrected chi connectivity index (χ2v) is 9.82. The molecule has 172 valence electrons. The molecule has 3 aromatic carbocycles. The van der Waals surface area contributed by atoms with Gasteiger partial charge in [-0.15, -0.1) is 0 Å². The van der Waals surface area contributed by atoms with Crippen molar-refractivity contribution in [3.63, 3.8) is 0 Å². The molecule has 2 bridgehead atoms. The first-order chi connectivity index (χ1) is 16.7. The van der Waals surface area contributed by atoms with Gasteiger partial charge in [0.25, 0.3) is 0 Å². The van der Waals surface area contributed by atoms with Crippen molar-refractivity contribution in [2.75, 3.05) is 0 Å².